The largest absolute Gasteiger partial charge is 0.455 e. The lowest BCUT2D eigenvalue weighted by atomic mass is 9.99. The summed E-state index contributed by atoms with van der Waals surface area (Å²) in [6.45, 7) is 0. The van der Waals surface area contributed by atoms with Gasteiger partial charge in [0, 0.05) is 21.9 Å². The number of nitrogens with one attached hydrogen (secondary N) is 1. The van der Waals surface area contributed by atoms with E-state index in [-0.39, 0.29) is 5.70 Å². The van der Waals surface area contributed by atoms with Crippen LogP contribution in [0.2, 0.25) is 0 Å². The van der Waals surface area contributed by atoms with Crippen molar-refractivity contribution in [3.05, 3.63) is 78.0 Å². The number of nitrogens with two attached hydrogens (primary N) is 2. The van der Waals surface area contributed by atoms with Crippen LogP contribution in [-0.4, -0.2) is 0 Å². The molecule has 126 valence electrons. The first kappa shape index (κ1) is 15.8. The minimum atomic E-state index is 0.129. The van der Waals surface area contributed by atoms with Crippen LogP contribution in [-0.2, 0) is 0 Å². The first-order valence-electron chi connectivity index (χ1n) is 8.10. The monoisotopic (exact) mass is 340 g/mol. The average Bonchev–Trinajstić information content (AvgIpc) is 3.07. The number of allylic oxidation sites excluding steroid dienone is 1. The summed E-state index contributed by atoms with van der Waals surface area (Å²) in [5.74, 6) is 5.36. The van der Waals surface area contributed by atoms with Crippen LogP contribution in [0.25, 0.3) is 38.8 Å². The predicted octanol–water partition coefficient (Wildman–Crippen LogP) is 3.87. The van der Waals surface area contributed by atoms with Crippen molar-refractivity contribution in [3.8, 4) is 17.2 Å². The van der Waals surface area contributed by atoms with Crippen molar-refractivity contribution in [2.45, 2.75) is 0 Å². The fourth-order valence-corrected chi connectivity index (χ4v) is 3.14. The summed E-state index contributed by atoms with van der Waals surface area (Å²) >= 11 is 0. The summed E-state index contributed by atoms with van der Waals surface area (Å²) in [4.78, 5) is 0. The molecule has 5 heteroatoms. The zero-order chi connectivity index (χ0) is 18.1. The molecule has 0 spiro atoms. The van der Waals surface area contributed by atoms with Crippen LogP contribution < -0.4 is 17.0 Å². The molecule has 0 aliphatic rings. The average molecular weight is 340 g/mol. The second-order valence-corrected chi connectivity index (χ2v) is 5.91. The number of hydrogen-bond donors (Lipinski definition) is 3. The van der Waals surface area contributed by atoms with Gasteiger partial charge in [0.05, 0.1) is 5.70 Å². The number of rotatable bonds is 3. The number of para-hydroxylation sites is 2. The van der Waals surface area contributed by atoms with Crippen LogP contribution in [0.1, 0.15) is 5.56 Å². The van der Waals surface area contributed by atoms with Crippen LogP contribution in [0.5, 0.6) is 0 Å². The highest BCUT2D eigenvalue weighted by Crippen LogP contribution is 2.36. The fraction of sp³-hybridized carbons (Fsp3) is 0. The Labute approximate surface area is 150 Å². The van der Waals surface area contributed by atoms with Gasteiger partial charge in [-0.3, -0.25) is 0 Å². The van der Waals surface area contributed by atoms with Gasteiger partial charge in [-0.15, -0.1) is 0 Å². The third-order valence-corrected chi connectivity index (χ3v) is 4.41. The van der Waals surface area contributed by atoms with E-state index in [1.165, 1.54) is 0 Å². The first-order chi connectivity index (χ1) is 12.7. The van der Waals surface area contributed by atoms with Gasteiger partial charge in [-0.25, -0.2) is 5.84 Å². The van der Waals surface area contributed by atoms with E-state index in [9.17, 15) is 0 Å². The van der Waals surface area contributed by atoms with Gasteiger partial charge >= 0.3 is 0 Å². The standard InChI is InChI=1S/C21H16N4O/c22-12-18(25-24)20(23)14-6-3-5-13(11-14)15-8-4-9-17-16-7-1-2-10-19(16)26-21(15)17/h1-11,25H,23-24H2/b20-18-. The van der Waals surface area contributed by atoms with Crippen molar-refractivity contribution in [2.75, 3.05) is 0 Å². The lowest BCUT2D eigenvalue weighted by Crippen LogP contribution is -2.23. The Kier molecular flexibility index (Phi) is 3.81. The molecule has 0 atom stereocenters. The maximum Gasteiger partial charge on any atom is 0.151 e. The van der Waals surface area contributed by atoms with Crippen molar-refractivity contribution in [1.82, 2.24) is 5.43 Å². The van der Waals surface area contributed by atoms with Gasteiger partial charge in [0.25, 0.3) is 0 Å². The molecule has 0 unspecified atom stereocenters. The molecule has 5 N–H and O–H groups in total. The number of hydrogen-bond acceptors (Lipinski definition) is 5. The topological polar surface area (TPSA) is 101 Å². The molecule has 0 radical (unpaired) electrons. The lowest BCUT2D eigenvalue weighted by molar-refractivity contribution is 0.670. The molecule has 0 aliphatic carbocycles. The summed E-state index contributed by atoms with van der Waals surface area (Å²) in [5.41, 5.74) is 13.1. The van der Waals surface area contributed by atoms with E-state index in [4.69, 9.17) is 21.3 Å². The molecule has 3 aromatic carbocycles. The summed E-state index contributed by atoms with van der Waals surface area (Å²) in [6, 6.07) is 23.6. The van der Waals surface area contributed by atoms with Gasteiger partial charge in [0.15, 0.2) is 5.70 Å². The number of nitriles is 1. The Bertz CT molecular complexity index is 1200. The summed E-state index contributed by atoms with van der Waals surface area (Å²) in [7, 11) is 0. The summed E-state index contributed by atoms with van der Waals surface area (Å²) < 4.78 is 6.10. The number of nitrogens with zero attached hydrogens (tertiary/aromatic N) is 1. The molecular weight excluding hydrogens is 324 g/mol. The molecule has 0 saturated heterocycles. The number of furan rings is 1. The molecule has 0 saturated carbocycles. The molecular formula is C21H16N4O. The second kappa shape index (κ2) is 6.28. The summed E-state index contributed by atoms with van der Waals surface area (Å²) in [5, 5.41) is 11.3. The Morgan fingerprint density at radius 3 is 2.54 bits per heavy atom. The molecule has 0 amide bonds. The van der Waals surface area contributed by atoms with E-state index in [2.05, 4.69) is 11.5 Å². The number of benzene rings is 3. The lowest BCUT2D eigenvalue weighted by Gasteiger charge is -2.08. The van der Waals surface area contributed by atoms with Gasteiger partial charge in [0.1, 0.15) is 17.2 Å². The van der Waals surface area contributed by atoms with Crippen molar-refractivity contribution in [1.29, 1.82) is 5.26 Å². The van der Waals surface area contributed by atoms with E-state index in [0.717, 1.165) is 33.1 Å². The van der Waals surface area contributed by atoms with Crippen molar-refractivity contribution in [3.63, 3.8) is 0 Å². The zero-order valence-corrected chi connectivity index (χ0v) is 13.9. The fourth-order valence-electron chi connectivity index (χ4n) is 3.14. The molecule has 0 fully saturated rings. The highest BCUT2D eigenvalue weighted by atomic mass is 16.3. The van der Waals surface area contributed by atoms with Crippen LogP contribution in [0.3, 0.4) is 0 Å². The van der Waals surface area contributed by atoms with Crippen molar-refractivity contribution < 1.29 is 4.42 Å². The van der Waals surface area contributed by atoms with E-state index < -0.39 is 0 Å². The number of fused-ring (bicyclic) bond motifs is 3. The third-order valence-electron chi connectivity index (χ3n) is 4.41. The van der Waals surface area contributed by atoms with E-state index in [0.29, 0.717) is 11.3 Å². The molecule has 0 bridgehead atoms. The SMILES string of the molecule is N#C/C(NN)=C(/N)c1cccc(-c2cccc3c2oc2ccccc23)c1. The van der Waals surface area contributed by atoms with Crippen molar-refractivity contribution >= 4 is 27.6 Å². The Balaban J connectivity index is 1.93. The van der Waals surface area contributed by atoms with Gasteiger partial charge < -0.3 is 15.6 Å². The normalized spacial score (nSPS) is 12.0. The van der Waals surface area contributed by atoms with Gasteiger partial charge in [-0.1, -0.05) is 54.6 Å². The smallest absolute Gasteiger partial charge is 0.151 e. The maximum absolute atomic E-state index is 9.12. The second-order valence-electron chi connectivity index (χ2n) is 5.91. The van der Waals surface area contributed by atoms with Crippen LogP contribution >= 0.6 is 0 Å². The minimum Gasteiger partial charge on any atom is -0.455 e. The zero-order valence-electron chi connectivity index (χ0n) is 13.9. The predicted molar refractivity (Wildman–Crippen MR) is 103 cm³/mol. The van der Waals surface area contributed by atoms with Crippen LogP contribution in [0, 0.1) is 11.3 Å². The van der Waals surface area contributed by atoms with E-state index >= 15 is 0 Å². The number of hydrazine groups is 1. The molecule has 1 aromatic heterocycles. The highest BCUT2D eigenvalue weighted by molar-refractivity contribution is 6.09. The Morgan fingerprint density at radius 1 is 0.962 bits per heavy atom. The first-order valence-corrected chi connectivity index (χ1v) is 8.10. The molecule has 0 aliphatic heterocycles. The molecule has 5 nitrogen and oxygen atoms in total. The maximum atomic E-state index is 9.12. The van der Waals surface area contributed by atoms with E-state index in [1.54, 1.807) is 0 Å². The molecule has 4 rings (SSSR count). The highest BCUT2D eigenvalue weighted by Gasteiger charge is 2.13. The van der Waals surface area contributed by atoms with Gasteiger partial charge in [-0.2, -0.15) is 5.26 Å². The summed E-state index contributed by atoms with van der Waals surface area (Å²) in [6.07, 6.45) is 0. The Hall–Kier alpha value is -3.75. The third kappa shape index (κ3) is 2.46. The molecule has 26 heavy (non-hydrogen) atoms. The molecule has 1 heterocycles. The van der Waals surface area contributed by atoms with Gasteiger partial charge in [0.2, 0.25) is 0 Å². The van der Waals surface area contributed by atoms with Gasteiger partial charge in [-0.05, 0) is 17.7 Å². The Morgan fingerprint density at radius 2 is 1.73 bits per heavy atom. The van der Waals surface area contributed by atoms with E-state index in [1.807, 2.05) is 66.7 Å². The minimum absolute atomic E-state index is 0.129. The molecule has 4 aromatic rings. The van der Waals surface area contributed by atoms with Crippen molar-refractivity contribution in [2.24, 2.45) is 11.6 Å². The van der Waals surface area contributed by atoms with Crippen LogP contribution in [0.15, 0.2) is 76.8 Å². The van der Waals surface area contributed by atoms with Crippen LogP contribution in [0.4, 0.5) is 0 Å². The quantitative estimate of drug-likeness (QED) is 0.298.